The van der Waals surface area contributed by atoms with E-state index in [2.05, 4.69) is 59.1 Å². The molecule has 0 spiro atoms. The summed E-state index contributed by atoms with van der Waals surface area (Å²) in [4.78, 5) is 65.3. The van der Waals surface area contributed by atoms with E-state index < -0.39 is 34.5 Å². The Balaban J connectivity index is 1.38. The SMILES string of the molecule is CC(C)C1=C2[C@H]3CCC4[C@@]5(C)CC[C@H](OC(=O)CC(C)(C)C(=O)O)C(C)(C)C5CC[C@@]4(C)[C@]3(C)CC[C@@]2(C(=O)NCCNC(=O)OC(C)(C)C)CC1=O. The van der Waals surface area contributed by atoms with Gasteiger partial charge in [0.25, 0.3) is 0 Å². The zero-order valence-corrected chi connectivity index (χ0v) is 34.7. The van der Waals surface area contributed by atoms with Crippen LogP contribution in [0.1, 0.15) is 147 Å². The molecule has 0 aromatic heterocycles. The van der Waals surface area contributed by atoms with Gasteiger partial charge in [0.2, 0.25) is 5.91 Å². The van der Waals surface area contributed by atoms with Crippen molar-refractivity contribution in [3.05, 3.63) is 11.1 Å². The van der Waals surface area contributed by atoms with Crippen LogP contribution in [0.3, 0.4) is 0 Å². The van der Waals surface area contributed by atoms with Gasteiger partial charge in [0.15, 0.2) is 5.78 Å². The minimum atomic E-state index is -1.18. The molecular weight excluding hydrogens is 672 g/mol. The predicted molar refractivity (Wildman–Crippen MR) is 203 cm³/mol. The van der Waals surface area contributed by atoms with Crippen molar-refractivity contribution in [3.63, 3.8) is 0 Å². The second kappa shape index (κ2) is 13.7. The summed E-state index contributed by atoms with van der Waals surface area (Å²) >= 11 is 0. The Morgan fingerprint density at radius 1 is 0.830 bits per heavy atom. The van der Waals surface area contributed by atoms with Crippen molar-refractivity contribution in [3.8, 4) is 0 Å². The molecule has 2 unspecified atom stereocenters. The van der Waals surface area contributed by atoms with Crippen LogP contribution >= 0.6 is 0 Å². The maximum absolute atomic E-state index is 14.4. The summed E-state index contributed by atoms with van der Waals surface area (Å²) in [6.45, 7) is 25.1. The van der Waals surface area contributed by atoms with Crippen LogP contribution in [-0.2, 0) is 28.7 Å². The number of carboxylic acids is 1. The second-order valence-electron chi connectivity index (χ2n) is 20.7. The Kier molecular flexibility index (Phi) is 10.7. The average Bonchev–Trinajstić information content (AvgIpc) is 3.33. The molecule has 5 rings (SSSR count). The second-order valence-corrected chi connectivity index (χ2v) is 20.7. The third-order valence-electron chi connectivity index (χ3n) is 15.3. The maximum Gasteiger partial charge on any atom is 0.407 e. The molecule has 5 aliphatic carbocycles. The molecule has 0 radical (unpaired) electrons. The summed E-state index contributed by atoms with van der Waals surface area (Å²) < 4.78 is 11.5. The van der Waals surface area contributed by atoms with Gasteiger partial charge in [0, 0.05) is 24.9 Å². The molecule has 0 saturated heterocycles. The molecule has 4 fully saturated rings. The molecule has 0 heterocycles. The fourth-order valence-corrected chi connectivity index (χ4v) is 12.5. The quantitative estimate of drug-likeness (QED) is 0.159. The van der Waals surface area contributed by atoms with E-state index in [0.717, 1.165) is 56.1 Å². The first-order chi connectivity index (χ1) is 24.3. The monoisotopic (exact) mass is 740 g/mol. The number of hydrogen-bond acceptors (Lipinski definition) is 7. The van der Waals surface area contributed by atoms with Crippen LogP contribution in [-0.4, -0.2) is 59.6 Å². The zero-order chi connectivity index (χ0) is 39.7. The van der Waals surface area contributed by atoms with Crippen LogP contribution in [0.15, 0.2) is 11.1 Å². The summed E-state index contributed by atoms with van der Waals surface area (Å²) in [5.41, 5.74) is -1.10. The molecule has 0 aliphatic heterocycles. The summed E-state index contributed by atoms with van der Waals surface area (Å²) in [5, 5.41) is 15.4. The Labute approximate surface area is 317 Å². The Bertz CT molecular complexity index is 1550. The predicted octanol–water partition coefficient (Wildman–Crippen LogP) is 8.02. The Morgan fingerprint density at radius 3 is 2.08 bits per heavy atom. The van der Waals surface area contributed by atoms with Gasteiger partial charge in [-0.05, 0) is 137 Å². The van der Waals surface area contributed by atoms with Crippen molar-refractivity contribution < 1.29 is 38.6 Å². The van der Waals surface area contributed by atoms with E-state index in [-0.39, 0.29) is 77.2 Å². The fraction of sp³-hybridized carbons (Fsp3) is 0.837. The lowest BCUT2D eigenvalue weighted by Crippen LogP contribution is -2.66. The number of aliphatic carboxylic acids is 1. The lowest BCUT2D eigenvalue weighted by Gasteiger charge is -2.72. The van der Waals surface area contributed by atoms with Crippen LogP contribution in [0.4, 0.5) is 4.79 Å². The highest BCUT2D eigenvalue weighted by molar-refractivity contribution is 6.07. The lowest BCUT2D eigenvalue weighted by molar-refractivity contribution is -0.233. The van der Waals surface area contributed by atoms with E-state index in [1.54, 1.807) is 34.6 Å². The molecule has 0 aromatic carbocycles. The first-order valence-corrected chi connectivity index (χ1v) is 20.2. The topological polar surface area (TPSA) is 148 Å². The standard InChI is InChI=1S/C43H68N2O8/c1-25(2)32-27(46)23-43(34(48)44-21-22-45-36(51)53-37(3,4)5)20-19-41(11)26(33(32)43)13-14-29-40(10)17-16-30(52-31(47)24-38(6,7)35(49)50)39(8,9)28(40)15-18-42(29,41)12/h25-26,28-30H,13-24H2,1-12H3,(H,44,48)(H,45,51)(H,49,50)/t26-,28?,29?,30+,40+,41-,42-,43-/m1/s1. The van der Waals surface area contributed by atoms with Crippen LogP contribution in [0.5, 0.6) is 0 Å². The number of allylic oxidation sites excluding steroid dienone is 1. The van der Waals surface area contributed by atoms with Crippen molar-refractivity contribution >= 4 is 29.7 Å². The minimum Gasteiger partial charge on any atom is -0.481 e. The molecular formula is C43H68N2O8. The van der Waals surface area contributed by atoms with Crippen molar-refractivity contribution in [2.75, 3.05) is 13.1 Å². The van der Waals surface area contributed by atoms with Crippen LogP contribution < -0.4 is 10.6 Å². The summed E-state index contributed by atoms with van der Waals surface area (Å²) in [5.74, 6) is -0.559. The normalized spacial score (nSPS) is 36.4. The van der Waals surface area contributed by atoms with Gasteiger partial charge in [-0.3, -0.25) is 19.2 Å². The first-order valence-electron chi connectivity index (χ1n) is 20.2. The lowest BCUT2D eigenvalue weighted by atomic mass is 9.33. The molecule has 0 bridgehead atoms. The van der Waals surface area contributed by atoms with Gasteiger partial charge in [-0.15, -0.1) is 0 Å². The third-order valence-corrected chi connectivity index (χ3v) is 15.3. The van der Waals surface area contributed by atoms with Gasteiger partial charge in [-0.1, -0.05) is 48.5 Å². The highest BCUT2D eigenvalue weighted by Crippen LogP contribution is 2.76. The van der Waals surface area contributed by atoms with Gasteiger partial charge < -0.3 is 25.2 Å². The van der Waals surface area contributed by atoms with E-state index in [4.69, 9.17) is 9.47 Å². The number of ether oxygens (including phenoxy) is 2. The number of alkyl carbamates (subject to hydrolysis) is 1. The third kappa shape index (κ3) is 6.85. The molecule has 0 aromatic rings. The van der Waals surface area contributed by atoms with Crippen molar-refractivity contribution in [2.45, 2.75) is 159 Å². The van der Waals surface area contributed by atoms with E-state index in [9.17, 15) is 29.1 Å². The fourth-order valence-electron chi connectivity index (χ4n) is 12.5. The van der Waals surface area contributed by atoms with E-state index >= 15 is 0 Å². The number of fused-ring (bicyclic) bond motifs is 7. The molecule has 298 valence electrons. The van der Waals surface area contributed by atoms with Crippen molar-refractivity contribution in [1.29, 1.82) is 0 Å². The number of carbonyl (C=O) groups is 5. The summed E-state index contributed by atoms with van der Waals surface area (Å²) in [7, 11) is 0. The highest BCUT2D eigenvalue weighted by Gasteiger charge is 2.71. The van der Waals surface area contributed by atoms with E-state index in [0.29, 0.717) is 18.3 Å². The number of carbonyl (C=O) groups excluding carboxylic acids is 4. The number of Topliss-reactive ketones (excluding diaryl/α,β-unsaturated/α-hetero) is 1. The largest absolute Gasteiger partial charge is 0.481 e. The number of hydrogen-bond donors (Lipinski definition) is 3. The molecule has 4 saturated carbocycles. The van der Waals surface area contributed by atoms with Crippen molar-refractivity contribution in [1.82, 2.24) is 10.6 Å². The Morgan fingerprint density at radius 2 is 1.47 bits per heavy atom. The van der Waals surface area contributed by atoms with Crippen LogP contribution in [0, 0.1) is 56.2 Å². The maximum atomic E-state index is 14.4. The highest BCUT2D eigenvalue weighted by atomic mass is 16.6. The Hall–Kier alpha value is -2.91. The molecule has 10 nitrogen and oxygen atoms in total. The molecule has 2 amide bonds. The number of nitrogens with one attached hydrogen (secondary N) is 2. The summed E-state index contributed by atoms with van der Waals surface area (Å²) in [6, 6.07) is 0. The number of rotatable bonds is 9. The first kappa shape index (κ1) is 41.3. The van der Waals surface area contributed by atoms with Crippen LogP contribution in [0.2, 0.25) is 0 Å². The number of amides is 2. The molecule has 53 heavy (non-hydrogen) atoms. The number of esters is 1. The van der Waals surface area contributed by atoms with Crippen LogP contribution in [0.25, 0.3) is 0 Å². The smallest absolute Gasteiger partial charge is 0.407 e. The molecule has 8 atom stereocenters. The van der Waals surface area contributed by atoms with Gasteiger partial charge in [0.05, 0.1) is 17.3 Å². The van der Waals surface area contributed by atoms with E-state index in [1.807, 2.05) is 0 Å². The van der Waals surface area contributed by atoms with Gasteiger partial charge in [0.1, 0.15) is 11.7 Å². The molecule has 10 heteroatoms. The molecule has 5 aliphatic rings. The summed E-state index contributed by atoms with van der Waals surface area (Å²) in [6.07, 6.45) is 6.39. The van der Waals surface area contributed by atoms with Crippen molar-refractivity contribution in [2.24, 2.45) is 56.2 Å². The molecule has 3 N–H and O–H groups in total. The number of carboxylic acid groups (broad SMARTS) is 1. The zero-order valence-electron chi connectivity index (χ0n) is 34.7. The minimum absolute atomic E-state index is 0.0154. The van der Waals surface area contributed by atoms with Gasteiger partial charge >= 0.3 is 18.0 Å². The van der Waals surface area contributed by atoms with E-state index in [1.165, 1.54) is 0 Å². The van der Waals surface area contributed by atoms with Gasteiger partial charge in [-0.25, -0.2) is 4.79 Å². The van der Waals surface area contributed by atoms with Gasteiger partial charge in [-0.2, -0.15) is 0 Å². The average molecular weight is 741 g/mol. The number of ketones is 1.